The van der Waals surface area contributed by atoms with Crippen LogP contribution < -0.4 is 5.32 Å². The first-order valence-corrected chi connectivity index (χ1v) is 8.18. The number of hydrogen-bond donors (Lipinski definition) is 1. The zero-order valence-electron chi connectivity index (χ0n) is 14.6. The van der Waals surface area contributed by atoms with E-state index in [0.29, 0.717) is 44.6 Å². The van der Waals surface area contributed by atoms with Crippen LogP contribution in [-0.4, -0.2) is 31.8 Å². The van der Waals surface area contributed by atoms with Gasteiger partial charge in [-0.25, -0.2) is 0 Å². The van der Waals surface area contributed by atoms with Gasteiger partial charge in [0.25, 0.3) is 0 Å². The molecular weight excluding hydrogens is 292 g/mol. The lowest BCUT2D eigenvalue weighted by molar-refractivity contribution is -0.143. The molecule has 1 rings (SSSR count). The lowest BCUT2D eigenvalue weighted by Gasteiger charge is -2.25. The van der Waals surface area contributed by atoms with Crippen molar-refractivity contribution in [3.8, 4) is 6.07 Å². The molecule has 128 valence electrons. The molecule has 0 radical (unpaired) electrons. The van der Waals surface area contributed by atoms with Gasteiger partial charge in [-0.15, -0.1) is 0 Å². The monoisotopic (exact) mass is 320 g/mol. The molecule has 0 fully saturated rings. The first-order valence-electron chi connectivity index (χ1n) is 8.18. The molecule has 5 heteroatoms. The lowest BCUT2D eigenvalue weighted by Crippen LogP contribution is -2.26. The van der Waals surface area contributed by atoms with E-state index in [4.69, 9.17) is 9.47 Å². The third kappa shape index (κ3) is 7.85. The molecule has 0 aromatic heterocycles. The van der Waals surface area contributed by atoms with Gasteiger partial charge in [0.05, 0.1) is 31.0 Å². The predicted molar refractivity (Wildman–Crippen MR) is 89.5 cm³/mol. The van der Waals surface area contributed by atoms with E-state index in [-0.39, 0.29) is 17.5 Å². The first-order chi connectivity index (χ1) is 10.9. The normalized spacial score (nSPS) is 17.8. The molecule has 0 spiro atoms. The predicted octanol–water partition coefficient (Wildman–Crippen LogP) is 3.09. The van der Waals surface area contributed by atoms with E-state index in [1.54, 1.807) is 6.92 Å². The molecule has 0 aliphatic heterocycles. The average molecular weight is 320 g/mol. The Balaban J connectivity index is 2.40. The Labute approximate surface area is 139 Å². The van der Waals surface area contributed by atoms with Gasteiger partial charge in [0.1, 0.15) is 0 Å². The summed E-state index contributed by atoms with van der Waals surface area (Å²) in [5.41, 5.74) is 1.64. The van der Waals surface area contributed by atoms with E-state index in [9.17, 15) is 10.1 Å². The molecule has 0 amide bonds. The van der Waals surface area contributed by atoms with Crippen molar-refractivity contribution in [1.82, 2.24) is 5.32 Å². The van der Waals surface area contributed by atoms with E-state index in [2.05, 4.69) is 32.2 Å². The van der Waals surface area contributed by atoms with Gasteiger partial charge >= 0.3 is 5.97 Å². The minimum absolute atomic E-state index is 0.0793. The van der Waals surface area contributed by atoms with Gasteiger partial charge in [0.15, 0.2) is 0 Å². The summed E-state index contributed by atoms with van der Waals surface area (Å²) in [5.74, 6) is -0.171. The molecule has 0 aromatic carbocycles. The minimum Gasteiger partial charge on any atom is -0.466 e. The maximum atomic E-state index is 11.3. The zero-order chi connectivity index (χ0) is 17.3. The van der Waals surface area contributed by atoms with E-state index < -0.39 is 0 Å². The van der Waals surface area contributed by atoms with E-state index in [1.807, 2.05) is 12.2 Å². The molecule has 0 bridgehead atoms. The van der Waals surface area contributed by atoms with Crippen LogP contribution in [0.25, 0.3) is 0 Å². The van der Waals surface area contributed by atoms with Crippen LogP contribution in [0.15, 0.2) is 23.4 Å². The maximum absolute atomic E-state index is 11.3. The van der Waals surface area contributed by atoms with Crippen molar-refractivity contribution < 1.29 is 14.3 Å². The highest BCUT2D eigenvalue weighted by atomic mass is 16.5. The molecule has 5 nitrogen and oxygen atoms in total. The number of nitriles is 1. The van der Waals surface area contributed by atoms with Crippen LogP contribution in [0.2, 0.25) is 0 Å². The second kappa shape index (κ2) is 9.36. The van der Waals surface area contributed by atoms with E-state index >= 15 is 0 Å². The molecule has 0 saturated carbocycles. The average Bonchev–Trinajstić information content (AvgIpc) is 2.49. The number of nitrogens with one attached hydrogen (secondary N) is 1. The van der Waals surface area contributed by atoms with Gasteiger partial charge < -0.3 is 14.8 Å². The number of carbonyl (C=O) groups is 1. The van der Waals surface area contributed by atoms with Crippen LogP contribution >= 0.6 is 0 Å². The van der Waals surface area contributed by atoms with Crippen LogP contribution in [-0.2, 0) is 14.3 Å². The second-order valence-electron chi connectivity index (χ2n) is 6.80. The van der Waals surface area contributed by atoms with Crippen molar-refractivity contribution in [3.63, 3.8) is 0 Å². The molecular formula is C18H28N2O3. The quantitative estimate of drug-likeness (QED) is 0.549. The highest BCUT2D eigenvalue weighted by Gasteiger charge is 2.21. The van der Waals surface area contributed by atoms with Crippen molar-refractivity contribution in [2.24, 2.45) is 5.41 Å². The van der Waals surface area contributed by atoms with Crippen LogP contribution in [0.1, 0.15) is 47.0 Å². The summed E-state index contributed by atoms with van der Waals surface area (Å²) in [6.45, 7) is 9.84. The van der Waals surface area contributed by atoms with Crippen LogP contribution in [0.3, 0.4) is 0 Å². The Morgan fingerprint density at radius 2 is 2.22 bits per heavy atom. The number of ether oxygens (including phenoxy) is 2. The number of esters is 1. The minimum atomic E-state index is -0.171. The smallest absolute Gasteiger partial charge is 0.305 e. The third-order valence-corrected chi connectivity index (χ3v) is 3.25. The fraction of sp³-hybridized carbons (Fsp3) is 0.667. The van der Waals surface area contributed by atoms with E-state index in [0.717, 1.165) is 5.70 Å². The van der Waals surface area contributed by atoms with Crippen LogP contribution in [0, 0.1) is 16.7 Å². The molecule has 1 unspecified atom stereocenters. The zero-order valence-corrected chi connectivity index (χ0v) is 14.6. The number of carbonyl (C=O) groups excluding carboxylic acids is 1. The Kier molecular flexibility index (Phi) is 7.84. The molecule has 1 atom stereocenters. The highest BCUT2D eigenvalue weighted by molar-refractivity contribution is 5.69. The molecule has 0 aromatic rings. The molecule has 0 saturated heterocycles. The first kappa shape index (κ1) is 19.2. The van der Waals surface area contributed by atoms with Gasteiger partial charge in [-0.3, -0.25) is 4.79 Å². The van der Waals surface area contributed by atoms with Gasteiger partial charge in [0, 0.05) is 18.7 Å². The van der Waals surface area contributed by atoms with Crippen molar-refractivity contribution in [3.05, 3.63) is 23.4 Å². The van der Waals surface area contributed by atoms with Gasteiger partial charge in [0.2, 0.25) is 0 Å². The summed E-state index contributed by atoms with van der Waals surface area (Å²) < 4.78 is 10.7. The molecule has 1 aliphatic rings. The number of hydrogen-bond acceptors (Lipinski definition) is 5. The largest absolute Gasteiger partial charge is 0.466 e. The molecule has 0 heterocycles. The van der Waals surface area contributed by atoms with Crippen molar-refractivity contribution in [2.45, 2.75) is 53.1 Å². The third-order valence-electron chi connectivity index (χ3n) is 3.25. The van der Waals surface area contributed by atoms with Crippen molar-refractivity contribution in [2.75, 3.05) is 19.8 Å². The Morgan fingerprint density at radius 3 is 2.83 bits per heavy atom. The van der Waals surface area contributed by atoms with Crippen molar-refractivity contribution >= 4 is 5.97 Å². The van der Waals surface area contributed by atoms with Gasteiger partial charge in [-0.2, -0.15) is 5.26 Å². The number of nitrogens with zero attached hydrogens (tertiary/aromatic N) is 1. The molecule has 23 heavy (non-hydrogen) atoms. The van der Waals surface area contributed by atoms with Crippen LogP contribution in [0.5, 0.6) is 0 Å². The van der Waals surface area contributed by atoms with E-state index in [1.165, 1.54) is 0 Å². The summed E-state index contributed by atoms with van der Waals surface area (Å²) in [4.78, 5) is 11.3. The lowest BCUT2D eigenvalue weighted by atomic mass is 9.97. The summed E-state index contributed by atoms with van der Waals surface area (Å²) in [5, 5.41) is 12.5. The van der Waals surface area contributed by atoms with Gasteiger partial charge in [-0.1, -0.05) is 26.8 Å². The summed E-state index contributed by atoms with van der Waals surface area (Å²) >= 11 is 0. The molecule has 1 N–H and O–H groups in total. The number of rotatable bonds is 8. The summed E-state index contributed by atoms with van der Waals surface area (Å²) in [7, 11) is 0. The van der Waals surface area contributed by atoms with Crippen LogP contribution in [0.4, 0.5) is 0 Å². The SMILES string of the molecule is CCOC(=O)CCCNC1=CCC(OCC(C)(C)C)C(C#N)=C1. The Bertz CT molecular complexity index is 495. The second-order valence-corrected chi connectivity index (χ2v) is 6.80. The maximum Gasteiger partial charge on any atom is 0.305 e. The highest BCUT2D eigenvalue weighted by Crippen LogP contribution is 2.22. The molecule has 1 aliphatic carbocycles. The topological polar surface area (TPSA) is 71.3 Å². The summed E-state index contributed by atoms with van der Waals surface area (Å²) in [6, 6.07) is 2.23. The standard InChI is InChI=1S/C18H28N2O3/c1-5-22-17(21)7-6-10-20-15-8-9-16(14(11-15)12-19)23-13-18(2,3)4/h8,11,16,20H,5-7,9-10,13H2,1-4H3. The van der Waals surface area contributed by atoms with Crippen molar-refractivity contribution in [1.29, 1.82) is 5.26 Å². The summed E-state index contributed by atoms with van der Waals surface area (Å²) in [6.07, 6.45) is 5.51. The number of allylic oxidation sites excluding steroid dienone is 1. The Morgan fingerprint density at radius 1 is 1.48 bits per heavy atom. The Hall–Kier alpha value is -1.80. The fourth-order valence-corrected chi connectivity index (χ4v) is 2.11. The fourth-order valence-electron chi connectivity index (χ4n) is 2.11. The van der Waals surface area contributed by atoms with Gasteiger partial charge in [-0.05, 0) is 31.3 Å².